The van der Waals surface area contributed by atoms with Crippen molar-refractivity contribution in [3.05, 3.63) is 47.2 Å². The number of rotatable bonds is 9. The Morgan fingerprint density at radius 2 is 2.12 bits per heavy atom. The van der Waals surface area contributed by atoms with Crippen molar-refractivity contribution in [2.45, 2.75) is 31.3 Å². The molecule has 2 aromatic rings. The van der Waals surface area contributed by atoms with Gasteiger partial charge in [-0.3, -0.25) is 4.79 Å². The van der Waals surface area contributed by atoms with Gasteiger partial charge in [0.25, 0.3) is 0 Å². The number of anilines is 1. The highest BCUT2D eigenvalue weighted by Crippen LogP contribution is 2.19. The van der Waals surface area contributed by atoms with E-state index in [1.54, 1.807) is 0 Å². The highest BCUT2D eigenvalue weighted by Gasteiger charge is 2.05. The van der Waals surface area contributed by atoms with E-state index in [-0.39, 0.29) is 5.91 Å². The van der Waals surface area contributed by atoms with E-state index in [4.69, 9.17) is 11.6 Å². The number of hydrogen-bond donors (Lipinski definition) is 2. The fraction of sp³-hybridized carbons (Fsp3) is 0.353. The SMILES string of the molecule is CCCCNC(=O)CSc1cc(NCc2ccccc2Cl)ncn1. The lowest BCUT2D eigenvalue weighted by Gasteiger charge is -2.08. The number of nitrogens with one attached hydrogen (secondary N) is 2. The molecule has 1 aromatic heterocycles. The van der Waals surface area contributed by atoms with Crippen molar-refractivity contribution in [1.29, 1.82) is 0 Å². The van der Waals surface area contributed by atoms with Crippen LogP contribution >= 0.6 is 23.4 Å². The van der Waals surface area contributed by atoms with Gasteiger partial charge < -0.3 is 10.6 Å². The van der Waals surface area contributed by atoms with Gasteiger partial charge in [0.2, 0.25) is 5.91 Å². The van der Waals surface area contributed by atoms with Crippen molar-refractivity contribution in [2.75, 3.05) is 17.6 Å². The first-order valence-corrected chi connectivity index (χ1v) is 9.24. The van der Waals surface area contributed by atoms with Gasteiger partial charge in [0.15, 0.2) is 0 Å². The zero-order valence-electron chi connectivity index (χ0n) is 13.6. The zero-order chi connectivity index (χ0) is 17.2. The monoisotopic (exact) mass is 364 g/mol. The van der Waals surface area contributed by atoms with Gasteiger partial charge in [-0.05, 0) is 18.1 Å². The number of benzene rings is 1. The van der Waals surface area contributed by atoms with E-state index in [0.29, 0.717) is 18.1 Å². The Morgan fingerprint density at radius 1 is 1.29 bits per heavy atom. The van der Waals surface area contributed by atoms with Crippen LogP contribution in [0.15, 0.2) is 41.7 Å². The molecule has 0 aliphatic rings. The number of hydrogen-bond acceptors (Lipinski definition) is 5. The van der Waals surface area contributed by atoms with Gasteiger partial charge in [0.05, 0.1) is 5.75 Å². The Morgan fingerprint density at radius 3 is 2.92 bits per heavy atom. The van der Waals surface area contributed by atoms with Crippen LogP contribution < -0.4 is 10.6 Å². The third-order valence-electron chi connectivity index (χ3n) is 3.26. The van der Waals surface area contributed by atoms with Crippen LogP contribution in [0.1, 0.15) is 25.3 Å². The van der Waals surface area contributed by atoms with Gasteiger partial charge in [-0.25, -0.2) is 9.97 Å². The van der Waals surface area contributed by atoms with E-state index in [0.717, 1.165) is 35.0 Å². The van der Waals surface area contributed by atoms with Crippen LogP contribution in [0.5, 0.6) is 0 Å². The molecule has 128 valence electrons. The second-order valence-corrected chi connectivity index (χ2v) is 6.58. The molecule has 0 atom stereocenters. The van der Waals surface area contributed by atoms with Gasteiger partial charge in [0, 0.05) is 24.2 Å². The summed E-state index contributed by atoms with van der Waals surface area (Å²) in [6, 6.07) is 9.50. The van der Waals surface area contributed by atoms with E-state index in [1.165, 1.54) is 18.1 Å². The van der Waals surface area contributed by atoms with Crippen LogP contribution in [-0.2, 0) is 11.3 Å². The van der Waals surface area contributed by atoms with Crippen LogP contribution in [0.2, 0.25) is 5.02 Å². The van der Waals surface area contributed by atoms with Crippen molar-refractivity contribution in [2.24, 2.45) is 0 Å². The predicted octanol–water partition coefficient (Wildman–Crippen LogP) is 3.75. The van der Waals surface area contributed by atoms with Crippen molar-refractivity contribution >= 4 is 35.1 Å². The van der Waals surface area contributed by atoms with E-state index in [2.05, 4.69) is 27.5 Å². The van der Waals surface area contributed by atoms with Gasteiger partial charge in [-0.15, -0.1) is 0 Å². The molecule has 7 heteroatoms. The highest BCUT2D eigenvalue weighted by atomic mass is 35.5. The molecule has 1 aromatic carbocycles. The summed E-state index contributed by atoms with van der Waals surface area (Å²) < 4.78 is 0. The largest absolute Gasteiger partial charge is 0.366 e. The average molecular weight is 365 g/mol. The maximum atomic E-state index is 11.7. The summed E-state index contributed by atoms with van der Waals surface area (Å²) in [5, 5.41) is 7.59. The maximum absolute atomic E-state index is 11.7. The van der Waals surface area contributed by atoms with Gasteiger partial charge in [0.1, 0.15) is 17.2 Å². The van der Waals surface area contributed by atoms with Gasteiger partial charge in [-0.2, -0.15) is 0 Å². The van der Waals surface area contributed by atoms with Crippen molar-refractivity contribution in [3.8, 4) is 0 Å². The molecule has 0 radical (unpaired) electrons. The van der Waals surface area contributed by atoms with E-state index in [9.17, 15) is 4.79 Å². The quantitative estimate of drug-likeness (QED) is 0.403. The maximum Gasteiger partial charge on any atom is 0.230 e. The number of amides is 1. The third-order valence-corrected chi connectivity index (χ3v) is 4.56. The van der Waals surface area contributed by atoms with Crippen LogP contribution in [0.4, 0.5) is 5.82 Å². The molecule has 0 spiro atoms. The van der Waals surface area contributed by atoms with Crippen LogP contribution in [0, 0.1) is 0 Å². The van der Waals surface area contributed by atoms with E-state index < -0.39 is 0 Å². The number of thioether (sulfide) groups is 1. The van der Waals surface area contributed by atoms with Gasteiger partial charge >= 0.3 is 0 Å². The molecule has 1 amide bonds. The number of carbonyl (C=O) groups is 1. The fourth-order valence-corrected chi connectivity index (χ4v) is 2.84. The van der Waals surface area contributed by atoms with Crippen LogP contribution in [-0.4, -0.2) is 28.2 Å². The molecule has 5 nitrogen and oxygen atoms in total. The van der Waals surface area contributed by atoms with Gasteiger partial charge in [-0.1, -0.05) is 54.9 Å². The topological polar surface area (TPSA) is 66.9 Å². The zero-order valence-corrected chi connectivity index (χ0v) is 15.2. The Kier molecular flexibility index (Phi) is 7.85. The lowest BCUT2D eigenvalue weighted by molar-refractivity contribution is -0.118. The molecule has 0 aliphatic heterocycles. The molecule has 0 saturated carbocycles. The Balaban J connectivity index is 1.83. The molecular weight excluding hydrogens is 344 g/mol. The lowest BCUT2D eigenvalue weighted by Crippen LogP contribution is -2.26. The first-order valence-electron chi connectivity index (χ1n) is 7.88. The minimum absolute atomic E-state index is 0.0256. The van der Waals surface area contributed by atoms with Crippen LogP contribution in [0.3, 0.4) is 0 Å². The standard InChI is InChI=1S/C17H21ClN4OS/c1-2-3-8-19-16(23)11-24-17-9-15(21-12-22-17)20-10-13-6-4-5-7-14(13)18/h4-7,9,12H,2-3,8,10-11H2,1H3,(H,19,23)(H,20,21,22). The second-order valence-electron chi connectivity index (χ2n) is 5.18. The molecule has 2 N–H and O–H groups in total. The molecule has 1 heterocycles. The Labute approximate surface area is 151 Å². The molecule has 24 heavy (non-hydrogen) atoms. The summed E-state index contributed by atoms with van der Waals surface area (Å²) in [5.41, 5.74) is 1.00. The first-order chi connectivity index (χ1) is 11.7. The minimum atomic E-state index is 0.0256. The first kappa shape index (κ1) is 18.5. The molecule has 0 aliphatic carbocycles. The number of carbonyl (C=O) groups excluding carboxylic acids is 1. The highest BCUT2D eigenvalue weighted by molar-refractivity contribution is 7.99. The normalized spacial score (nSPS) is 10.4. The Bertz CT molecular complexity index is 669. The van der Waals surface area contributed by atoms with Crippen LogP contribution in [0.25, 0.3) is 0 Å². The predicted molar refractivity (Wildman–Crippen MR) is 99.5 cm³/mol. The summed E-state index contributed by atoms with van der Waals surface area (Å²) in [6.07, 6.45) is 3.56. The Hall–Kier alpha value is -1.79. The fourth-order valence-electron chi connectivity index (χ4n) is 1.94. The number of unbranched alkanes of at least 4 members (excludes halogenated alkanes) is 1. The molecular formula is C17H21ClN4OS. The number of aromatic nitrogens is 2. The smallest absolute Gasteiger partial charge is 0.230 e. The number of halogens is 1. The van der Waals surface area contributed by atoms with Crippen molar-refractivity contribution < 1.29 is 4.79 Å². The second kappa shape index (κ2) is 10.2. The molecule has 0 saturated heterocycles. The molecule has 0 bridgehead atoms. The summed E-state index contributed by atoms with van der Waals surface area (Å²) >= 11 is 7.53. The average Bonchev–Trinajstić information content (AvgIpc) is 2.60. The molecule has 2 rings (SSSR count). The lowest BCUT2D eigenvalue weighted by atomic mass is 10.2. The summed E-state index contributed by atoms with van der Waals surface area (Å²) in [4.78, 5) is 20.1. The molecule has 0 fully saturated rings. The molecule has 0 unspecified atom stereocenters. The van der Waals surface area contributed by atoms with E-state index in [1.807, 2.05) is 30.3 Å². The number of nitrogens with zero attached hydrogens (tertiary/aromatic N) is 2. The minimum Gasteiger partial charge on any atom is -0.366 e. The summed E-state index contributed by atoms with van der Waals surface area (Å²) in [7, 11) is 0. The third kappa shape index (κ3) is 6.37. The summed E-state index contributed by atoms with van der Waals surface area (Å²) in [5.74, 6) is 1.08. The van der Waals surface area contributed by atoms with Crippen molar-refractivity contribution in [3.63, 3.8) is 0 Å². The summed E-state index contributed by atoms with van der Waals surface area (Å²) in [6.45, 7) is 3.40. The van der Waals surface area contributed by atoms with E-state index >= 15 is 0 Å². The van der Waals surface area contributed by atoms with Crippen molar-refractivity contribution in [1.82, 2.24) is 15.3 Å².